The highest BCUT2D eigenvalue weighted by Crippen LogP contribution is 2.26. The number of aliphatic hydroxyl groups excluding tert-OH is 1. The van der Waals surface area contributed by atoms with Crippen LogP contribution in [0.2, 0.25) is 5.02 Å². The number of hydrogen-bond donors (Lipinski definition) is 2. The molecule has 16 heavy (non-hydrogen) atoms. The van der Waals surface area contributed by atoms with Crippen molar-refractivity contribution in [2.45, 2.75) is 27.2 Å². The molecule has 1 atom stereocenters. The van der Waals surface area contributed by atoms with Crippen molar-refractivity contribution in [3.05, 3.63) is 28.8 Å². The third-order valence-corrected chi connectivity index (χ3v) is 3.38. The summed E-state index contributed by atoms with van der Waals surface area (Å²) in [5.74, 6) is 0. The Bertz CT molecular complexity index is 348. The summed E-state index contributed by atoms with van der Waals surface area (Å²) in [6.07, 6.45) is 0.931. The molecular weight excluding hydrogens is 222 g/mol. The van der Waals surface area contributed by atoms with Gasteiger partial charge in [0.1, 0.15) is 0 Å². The number of aliphatic hydroxyl groups is 1. The van der Waals surface area contributed by atoms with Crippen molar-refractivity contribution in [1.29, 1.82) is 0 Å². The van der Waals surface area contributed by atoms with Gasteiger partial charge < -0.3 is 10.4 Å². The van der Waals surface area contributed by atoms with Crippen molar-refractivity contribution in [1.82, 2.24) is 0 Å². The molecule has 3 heteroatoms. The number of rotatable bonds is 5. The Kier molecular flexibility index (Phi) is 4.63. The van der Waals surface area contributed by atoms with Gasteiger partial charge in [0.2, 0.25) is 0 Å². The van der Waals surface area contributed by atoms with Crippen LogP contribution >= 0.6 is 11.6 Å². The quantitative estimate of drug-likeness (QED) is 0.828. The Labute approximate surface area is 103 Å². The summed E-state index contributed by atoms with van der Waals surface area (Å²) < 4.78 is 0. The summed E-state index contributed by atoms with van der Waals surface area (Å²) in [6.45, 7) is 7.05. The van der Waals surface area contributed by atoms with E-state index < -0.39 is 0 Å². The number of benzene rings is 1. The first-order valence-electron chi connectivity index (χ1n) is 5.61. The van der Waals surface area contributed by atoms with Crippen LogP contribution in [0.15, 0.2) is 18.2 Å². The lowest BCUT2D eigenvalue weighted by Crippen LogP contribution is -2.29. The summed E-state index contributed by atoms with van der Waals surface area (Å²) in [7, 11) is 0. The van der Waals surface area contributed by atoms with Gasteiger partial charge >= 0.3 is 0 Å². The fourth-order valence-electron chi connectivity index (χ4n) is 1.36. The third-order valence-electron chi connectivity index (χ3n) is 3.07. The Balaban J connectivity index is 2.67. The van der Waals surface area contributed by atoms with Crippen LogP contribution in [-0.4, -0.2) is 18.3 Å². The number of halogens is 1. The van der Waals surface area contributed by atoms with E-state index in [0.29, 0.717) is 0 Å². The monoisotopic (exact) mass is 241 g/mol. The zero-order valence-corrected chi connectivity index (χ0v) is 10.9. The minimum Gasteiger partial charge on any atom is -0.396 e. The van der Waals surface area contributed by atoms with Crippen LogP contribution in [0, 0.1) is 12.3 Å². The van der Waals surface area contributed by atoms with Crippen LogP contribution in [-0.2, 0) is 0 Å². The molecule has 0 fully saturated rings. The summed E-state index contributed by atoms with van der Waals surface area (Å²) in [5, 5.41) is 13.3. The molecule has 1 rings (SSSR count). The highest BCUT2D eigenvalue weighted by molar-refractivity contribution is 6.33. The summed E-state index contributed by atoms with van der Waals surface area (Å²) in [6, 6.07) is 5.94. The van der Waals surface area contributed by atoms with Gasteiger partial charge in [-0.15, -0.1) is 0 Å². The zero-order chi connectivity index (χ0) is 12.2. The second kappa shape index (κ2) is 5.55. The number of hydrogen-bond acceptors (Lipinski definition) is 2. The molecule has 0 spiro atoms. The molecule has 0 saturated heterocycles. The molecule has 0 aliphatic heterocycles. The van der Waals surface area contributed by atoms with E-state index in [1.165, 1.54) is 0 Å². The molecule has 1 unspecified atom stereocenters. The predicted octanol–water partition coefficient (Wildman–Crippen LogP) is 3.47. The Hall–Kier alpha value is -0.730. The molecule has 0 amide bonds. The van der Waals surface area contributed by atoms with Gasteiger partial charge in [-0.25, -0.2) is 0 Å². The molecule has 0 aromatic heterocycles. The maximum atomic E-state index is 9.30. The van der Waals surface area contributed by atoms with Crippen molar-refractivity contribution in [3.8, 4) is 0 Å². The second-order valence-corrected chi connectivity index (χ2v) is 5.07. The molecule has 90 valence electrons. The third kappa shape index (κ3) is 3.39. The van der Waals surface area contributed by atoms with Gasteiger partial charge in [-0.1, -0.05) is 31.5 Å². The number of anilines is 1. The van der Waals surface area contributed by atoms with E-state index in [4.69, 9.17) is 11.6 Å². The molecule has 0 radical (unpaired) electrons. The average molecular weight is 242 g/mol. The van der Waals surface area contributed by atoms with E-state index in [9.17, 15) is 5.11 Å². The molecule has 0 aliphatic carbocycles. The van der Waals surface area contributed by atoms with Gasteiger partial charge in [-0.05, 0) is 31.0 Å². The Morgan fingerprint density at radius 3 is 2.62 bits per heavy atom. The molecule has 0 saturated carbocycles. The van der Waals surface area contributed by atoms with E-state index >= 15 is 0 Å². The van der Waals surface area contributed by atoms with E-state index in [0.717, 1.165) is 29.2 Å². The van der Waals surface area contributed by atoms with Crippen LogP contribution in [0.3, 0.4) is 0 Å². The van der Waals surface area contributed by atoms with Gasteiger partial charge in [-0.3, -0.25) is 0 Å². The Morgan fingerprint density at radius 1 is 1.44 bits per heavy atom. The molecule has 1 aromatic carbocycles. The van der Waals surface area contributed by atoms with E-state index in [1.807, 2.05) is 25.1 Å². The van der Waals surface area contributed by atoms with E-state index in [2.05, 4.69) is 19.2 Å². The summed E-state index contributed by atoms with van der Waals surface area (Å²) in [4.78, 5) is 0. The largest absolute Gasteiger partial charge is 0.396 e. The van der Waals surface area contributed by atoms with Crippen molar-refractivity contribution in [2.24, 2.45) is 5.41 Å². The first-order valence-corrected chi connectivity index (χ1v) is 5.99. The van der Waals surface area contributed by atoms with Crippen molar-refractivity contribution < 1.29 is 5.11 Å². The van der Waals surface area contributed by atoms with Gasteiger partial charge in [-0.2, -0.15) is 0 Å². The summed E-state index contributed by atoms with van der Waals surface area (Å²) in [5.41, 5.74) is 1.99. The lowest BCUT2D eigenvalue weighted by atomic mass is 9.88. The molecule has 0 aliphatic rings. The molecule has 0 bridgehead atoms. The van der Waals surface area contributed by atoms with E-state index in [-0.39, 0.29) is 12.0 Å². The minimum absolute atomic E-state index is 0.0891. The van der Waals surface area contributed by atoms with Gasteiger partial charge in [0.15, 0.2) is 0 Å². The fraction of sp³-hybridized carbons (Fsp3) is 0.538. The van der Waals surface area contributed by atoms with Crippen LogP contribution in [0.4, 0.5) is 5.69 Å². The maximum Gasteiger partial charge on any atom is 0.0640 e. The SMILES string of the molecule is CCC(C)(CO)CNc1ccc(C)cc1Cl. The Morgan fingerprint density at radius 2 is 2.12 bits per heavy atom. The van der Waals surface area contributed by atoms with Crippen LogP contribution in [0.1, 0.15) is 25.8 Å². The molecular formula is C13H20ClNO. The highest BCUT2D eigenvalue weighted by atomic mass is 35.5. The number of aryl methyl sites for hydroxylation is 1. The van der Waals surface area contributed by atoms with Crippen LogP contribution in [0.25, 0.3) is 0 Å². The van der Waals surface area contributed by atoms with Gasteiger partial charge in [0.05, 0.1) is 17.3 Å². The van der Waals surface area contributed by atoms with Crippen LogP contribution < -0.4 is 5.32 Å². The molecule has 2 N–H and O–H groups in total. The summed E-state index contributed by atoms with van der Waals surface area (Å²) >= 11 is 6.12. The average Bonchev–Trinajstić information content (AvgIpc) is 2.27. The number of nitrogens with one attached hydrogen (secondary N) is 1. The van der Waals surface area contributed by atoms with Gasteiger partial charge in [0, 0.05) is 12.0 Å². The molecule has 0 heterocycles. The van der Waals surface area contributed by atoms with Crippen molar-refractivity contribution in [2.75, 3.05) is 18.5 Å². The standard InChI is InChI=1S/C13H20ClNO/c1-4-13(3,9-16)8-15-12-6-5-10(2)7-11(12)14/h5-7,15-16H,4,8-9H2,1-3H3. The second-order valence-electron chi connectivity index (χ2n) is 4.66. The zero-order valence-electron chi connectivity index (χ0n) is 10.2. The minimum atomic E-state index is -0.0891. The lowest BCUT2D eigenvalue weighted by molar-refractivity contribution is 0.149. The van der Waals surface area contributed by atoms with E-state index in [1.54, 1.807) is 0 Å². The van der Waals surface area contributed by atoms with Crippen molar-refractivity contribution >= 4 is 17.3 Å². The van der Waals surface area contributed by atoms with Crippen molar-refractivity contribution in [3.63, 3.8) is 0 Å². The topological polar surface area (TPSA) is 32.3 Å². The molecule has 2 nitrogen and oxygen atoms in total. The first-order chi connectivity index (χ1) is 7.50. The highest BCUT2D eigenvalue weighted by Gasteiger charge is 2.20. The maximum absolute atomic E-state index is 9.30. The normalized spacial score (nSPS) is 14.6. The fourth-order valence-corrected chi connectivity index (χ4v) is 1.67. The lowest BCUT2D eigenvalue weighted by Gasteiger charge is -2.26. The predicted molar refractivity (Wildman–Crippen MR) is 70.2 cm³/mol. The van der Waals surface area contributed by atoms with Crippen LogP contribution in [0.5, 0.6) is 0 Å². The smallest absolute Gasteiger partial charge is 0.0640 e. The molecule has 1 aromatic rings. The van der Waals surface area contributed by atoms with Gasteiger partial charge in [0.25, 0.3) is 0 Å². The first kappa shape index (κ1) is 13.3.